The molecule has 1 rings (SSSR count). The molecule has 0 saturated heterocycles. The quantitative estimate of drug-likeness (QED) is 0.809. The fourth-order valence-corrected chi connectivity index (χ4v) is 1.96. The average Bonchev–Trinajstić information content (AvgIpc) is 2.43. The minimum atomic E-state index is -0.484. The number of ether oxygens (including phenoxy) is 2. The number of amides is 1. The first-order valence-corrected chi connectivity index (χ1v) is 7.65. The van der Waals surface area contributed by atoms with Gasteiger partial charge < -0.3 is 20.1 Å². The highest BCUT2D eigenvalue weighted by Crippen LogP contribution is 2.13. The Labute approximate surface area is 133 Å². The van der Waals surface area contributed by atoms with Crippen molar-refractivity contribution in [1.29, 1.82) is 0 Å². The van der Waals surface area contributed by atoms with Crippen molar-refractivity contribution in [3.05, 3.63) is 29.8 Å². The van der Waals surface area contributed by atoms with Crippen molar-refractivity contribution < 1.29 is 14.3 Å². The van der Waals surface area contributed by atoms with Crippen molar-refractivity contribution in [1.82, 2.24) is 5.32 Å². The van der Waals surface area contributed by atoms with Crippen molar-refractivity contribution in [3.63, 3.8) is 0 Å². The summed E-state index contributed by atoms with van der Waals surface area (Å²) in [4.78, 5) is 11.7. The molecule has 5 nitrogen and oxygen atoms in total. The molecule has 1 atom stereocenters. The molecule has 0 aliphatic heterocycles. The van der Waals surface area contributed by atoms with E-state index in [1.165, 1.54) is 0 Å². The molecular weight excluding hydrogens is 280 g/mol. The van der Waals surface area contributed by atoms with Crippen LogP contribution in [0.5, 0.6) is 0 Å². The van der Waals surface area contributed by atoms with Gasteiger partial charge in [-0.1, -0.05) is 19.1 Å². The number of hydrogen-bond acceptors (Lipinski definition) is 4. The van der Waals surface area contributed by atoms with Gasteiger partial charge in [-0.05, 0) is 44.9 Å². The summed E-state index contributed by atoms with van der Waals surface area (Å²) in [5.41, 5.74) is 1.55. The maximum absolute atomic E-state index is 11.7. The van der Waals surface area contributed by atoms with E-state index in [1.54, 1.807) is 7.11 Å². The molecule has 0 heterocycles. The molecule has 0 aromatic heterocycles. The highest BCUT2D eigenvalue weighted by Gasteiger charge is 2.15. The van der Waals surface area contributed by atoms with E-state index >= 15 is 0 Å². The number of methoxy groups -OCH3 is 1. The minimum absolute atomic E-state index is 0.277. The van der Waals surface area contributed by atoms with E-state index in [-0.39, 0.29) is 6.04 Å². The zero-order chi connectivity index (χ0) is 16.6. The van der Waals surface area contributed by atoms with E-state index in [4.69, 9.17) is 9.47 Å². The summed E-state index contributed by atoms with van der Waals surface area (Å²) in [6, 6.07) is 8.25. The topological polar surface area (TPSA) is 59.6 Å². The maximum atomic E-state index is 11.7. The Kier molecular flexibility index (Phi) is 7.18. The third-order valence-corrected chi connectivity index (χ3v) is 2.99. The number of hydrogen-bond donors (Lipinski definition) is 2. The first kappa shape index (κ1) is 18.3. The number of carbonyl (C=O) groups excluding carboxylic acids is 1. The molecule has 0 saturated carbocycles. The SMILES string of the molecule is CCC(COC)Nc1cccc(CNC(=O)OC(C)(C)C)c1. The molecule has 1 aromatic carbocycles. The Morgan fingerprint density at radius 3 is 2.64 bits per heavy atom. The summed E-state index contributed by atoms with van der Waals surface area (Å²) >= 11 is 0. The molecule has 0 bridgehead atoms. The van der Waals surface area contributed by atoms with Gasteiger partial charge in [0.1, 0.15) is 5.60 Å². The van der Waals surface area contributed by atoms with Crippen LogP contribution < -0.4 is 10.6 Å². The predicted molar refractivity (Wildman–Crippen MR) is 89.1 cm³/mol. The number of alkyl carbamates (subject to hydrolysis) is 1. The highest BCUT2D eigenvalue weighted by atomic mass is 16.6. The van der Waals surface area contributed by atoms with Crippen molar-refractivity contribution >= 4 is 11.8 Å². The molecule has 5 heteroatoms. The van der Waals surface area contributed by atoms with Crippen LogP contribution in [0.2, 0.25) is 0 Å². The Morgan fingerprint density at radius 1 is 1.32 bits per heavy atom. The van der Waals surface area contributed by atoms with Crippen LogP contribution in [0.3, 0.4) is 0 Å². The Bertz CT molecular complexity index is 469. The van der Waals surface area contributed by atoms with Crippen LogP contribution in [0.4, 0.5) is 10.5 Å². The lowest BCUT2D eigenvalue weighted by Gasteiger charge is -2.20. The summed E-state index contributed by atoms with van der Waals surface area (Å²) in [5.74, 6) is 0. The van der Waals surface area contributed by atoms with Crippen LogP contribution >= 0.6 is 0 Å². The second-order valence-electron chi connectivity index (χ2n) is 6.26. The van der Waals surface area contributed by atoms with E-state index < -0.39 is 11.7 Å². The molecule has 1 unspecified atom stereocenters. The zero-order valence-corrected chi connectivity index (χ0v) is 14.2. The highest BCUT2D eigenvalue weighted by molar-refractivity contribution is 5.67. The molecule has 0 aliphatic rings. The fraction of sp³-hybridized carbons (Fsp3) is 0.588. The Hall–Kier alpha value is -1.75. The molecule has 0 spiro atoms. The maximum Gasteiger partial charge on any atom is 0.407 e. The van der Waals surface area contributed by atoms with Crippen molar-refractivity contribution in [3.8, 4) is 0 Å². The van der Waals surface area contributed by atoms with Gasteiger partial charge in [-0.3, -0.25) is 0 Å². The van der Waals surface area contributed by atoms with Crippen LogP contribution in [0.1, 0.15) is 39.7 Å². The molecule has 0 aliphatic carbocycles. The van der Waals surface area contributed by atoms with E-state index in [2.05, 4.69) is 17.6 Å². The van der Waals surface area contributed by atoms with E-state index in [1.807, 2.05) is 45.0 Å². The van der Waals surface area contributed by atoms with Crippen molar-refractivity contribution in [2.75, 3.05) is 19.0 Å². The number of anilines is 1. The summed E-state index contributed by atoms with van der Waals surface area (Å²) in [7, 11) is 1.70. The van der Waals surface area contributed by atoms with Gasteiger partial charge in [0.25, 0.3) is 0 Å². The van der Waals surface area contributed by atoms with Gasteiger partial charge in [-0.25, -0.2) is 4.79 Å². The molecule has 1 amide bonds. The molecule has 0 radical (unpaired) electrons. The van der Waals surface area contributed by atoms with Gasteiger partial charge >= 0.3 is 6.09 Å². The molecule has 22 heavy (non-hydrogen) atoms. The normalized spacial score (nSPS) is 12.6. The first-order valence-electron chi connectivity index (χ1n) is 7.65. The van der Waals surface area contributed by atoms with E-state index in [0.717, 1.165) is 17.7 Å². The number of nitrogens with one attached hydrogen (secondary N) is 2. The third-order valence-electron chi connectivity index (χ3n) is 2.99. The summed E-state index contributed by atoms with van der Waals surface area (Å²) in [6.45, 7) is 8.75. The lowest BCUT2D eigenvalue weighted by molar-refractivity contribution is 0.0523. The lowest BCUT2D eigenvalue weighted by atomic mass is 10.1. The van der Waals surface area contributed by atoms with Crippen LogP contribution in [0, 0.1) is 0 Å². The average molecular weight is 308 g/mol. The van der Waals surface area contributed by atoms with Crippen LogP contribution in [0.15, 0.2) is 24.3 Å². The van der Waals surface area contributed by atoms with Crippen LogP contribution in [-0.2, 0) is 16.0 Å². The van der Waals surface area contributed by atoms with E-state index in [0.29, 0.717) is 13.2 Å². The predicted octanol–water partition coefficient (Wildman–Crippen LogP) is 3.55. The summed E-state index contributed by atoms with van der Waals surface area (Å²) in [6.07, 6.45) is 0.575. The smallest absolute Gasteiger partial charge is 0.407 e. The number of benzene rings is 1. The minimum Gasteiger partial charge on any atom is -0.444 e. The van der Waals surface area contributed by atoms with Crippen LogP contribution in [0.25, 0.3) is 0 Å². The lowest BCUT2D eigenvalue weighted by Crippen LogP contribution is -2.32. The van der Waals surface area contributed by atoms with E-state index in [9.17, 15) is 4.79 Å². The summed E-state index contributed by atoms with van der Waals surface area (Å²) in [5, 5.41) is 6.19. The second-order valence-corrected chi connectivity index (χ2v) is 6.26. The van der Waals surface area contributed by atoms with Gasteiger partial charge in [0.15, 0.2) is 0 Å². The standard InChI is InChI=1S/C17H28N2O3/c1-6-14(12-21-5)19-15-9-7-8-13(10-15)11-18-16(20)22-17(2,3)4/h7-10,14,19H,6,11-12H2,1-5H3,(H,18,20). The molecule has 124 valence electrons. The number of rotatable bonds is 7. The van der Waals surface area contributed by atoms with Gasteiger partial charge in [-0.15, -0.1) is 0 Å². The Morgan fingerprint density at radius 2 is 2.05 bits per heavy atom. The molecule has 1 aromatic rings. The largest absolute Gasteiger partial charge is 0.444 e. The first-order chi connectivity index (χ1) is 10.3. The van der Waals surface area contributed by atoms with Gasteiger partial charge in [-0.2, -0.15) is 0 Å². The molecule has 0 fully saturated rings. The van der Waals surface area contributed by atoms with Gasteiger partial charge in [0.2, 0.25) is 0 Å². The third kappa shape index (κ3) is 7.31. The van der Waals surface area contributed by atoms with Crippen molar-refractivity contribution in [2.24, 2.45) is 0 Å². The Balaban J connectivity index is 2.55. The monoisotopic (exact) mass is 308 g/mol. The van der Waals surface area contributed by atoms with Gasteiger partial charge in [0, 0.05) is 25.4 Å². The van der Waals surface area contributed by atoms with Crippen LogP contribution in [-0.4, -0.2) is 31.5 Å². The fourth-order valence-electron chi connectivity index (χ4n) is 1.96. The number of carbonyl (C=O) groups is 1. The second kappa shape index (κ2) is 8.63. The summed E-state index contributed by atoms with van der Waals surface area (Å²) < 4.78 is 10.4. The zero-order valence-electron chi connectivity index (χ0n) is 14.2. The van der Waals surface area contributed by atoms with Crippen molar-refractivity contribution in [2.45, 2.75) is 52.3 Å². The van der Waals surface area contributed by atoms with Gasteiger partial charge in [0.05, 0.1) is 6.61 Å². The molecular formula is C17H28N2O3. The molecule has 2 N–H and O–H groups in total.